The molecule has 0 aliphatic heterocycles. The van der Waals surface area contributed by atoms with Crippen molar-refractivity contribution in [3.8, 4) is 0 Å². The number of hydrogen-bond donors (Lipinski definition) is 2. The molecule has 0 aliphatic carbocycles. The van der Waals surface area contributed by atoms with E-state index in [0.717, 1.165) is 31.2 Å². The first kappa shape index (κ1) is 11.7. The topological polar surface area (TPSA) is 67.1 Å². The maximum atomic E-state index is 5.37. The monoisotopic (exact) mass is 209 g/mol. The lowest BCUT2D eigenvalue weighted by atomic mass is 10.4. The van der Waals surface area contributed by atoms with Gasteiger partial charge in [0.05, 0.1) is 0 Å². The lowest BCUT2D eigenvalue weighted by molar-refractivity contribution is 0.823. The zero-order valence-electron chi connectivity index (χ0n) is 9.62. The quantitative estimate of drug-likeness (QED) is 0.563. The fourth-order valence-electron chi connectivity index (χ4n) is 1.42. The fraction of sp³-hybridized carbons (Fsp3) is 0.600. The van der Waals surface area contributed by atoms with E-state index in [9.17, 15) is 0 Å². The molecule has 0 atom stereocenters. The molecular formula is C10H19N5. The molecule has 0 aliphatic rings. The van der Waals surface area contributed by atoms with Gasteiger partial charge in [-0.1, -0.05) is 6.92 Å². The van der Waals surface area contributed by atoms with Crippen molar-refractivity contribution in [1.29, 1.82) is 0 Å². The van der Waals surface area contributed by atoms with Crippen molar-refractivity contribution in [3.05, 3.63) is 11.9 Å². The third-order valence-corrected chi connectivity index (χ3v) is 2.31. The minimum atomic E-state index is 0.670. The molecule has 1 aromatic heterocycles. The van der Waals surface area contributed by atoms with Crippen LogP contribution in [-0.4, -0.2) is 23.1 Å². The van der Waals surface area contributed by atoms with Gasteiger partial charge >= 0.3 is 0 Å². The summed E-state index contributed by atoms with van der Waals surface area (Å²) < 4.78 is 0. The van der Waals surface area contributed by atoms with E-state index in [0.29, 0.717) is 5.82 Å². The first-order valence-corrected chi connectivity index (χ1v) is 5.34. The highest BCUT2D eigenvalue weighted by atomic mass is 15.3. The van der Waals surface area contributed by atoms with E-state index in [4.69, 9.17) is 5.84 Å². The molecule has 0 radical (unpaired) electrons. The third kappa shape index (κ3) is 2.79. The number of anilines is 2. The summed E-state index contributed by atoms with van der Waals surface area (Å²) in [7, 11) is 0. The molecule has 0 spiro atoms. The molecule has 0 bridgehead atoms. The predicted octanol–water partition coefficient (Wildman–Crippen LogP) is 1.17. The van der Waals surface area contributed by atoms with Gasteiger partial charge in [-0.05, 0) is 13.8 Å². The summed E-state index contributed by atoms with van der Waals surface area (Å²) >= 11 is 0. The summed E-state index contributed by atoms with van der Waals surface area (Å²) in [5.41, 5.74) is 2.57. The van der Waals surface area contributed by atoms with Gasteiger partial charge in [0, 0.05) is 25.6 Å². The van der Waals surface area contributed by atoms with Gasteiger partial charge in [0.15, 0.2) is 0 Å². The van der Waals surface area contributed by atoms with E-state index in [1.165, 1.54) is 0 Å². The molecule has 0 saturated heterocycles. The second kappa shape index (κ2) is 5.50. The molecule has 0 unspecified atom stereocenters. The molecule has 3 N–H and O–H groups in total. The number of rotatable bonds is 5. The van der Waals surface area contributed by atoms with Gasteiger partial charge in [-0.3, -0.25) is 0 Å². The molecule has 15 heavy (non-hydrogen) atoms. The molecule has 0 fully saturated rings. The normalized spacial score (nSPS) is 10.1. The average molecular weight is 209 g/mol. The number of aromatic nitrogens is 2. The number of nitrogens with one attached hydrogen (secondary N) is 1. The van der Waals surface area contributed by atoms with Crippen molar-refractivity contribution in [2.75, 3.05) is 23.4 Å². The number of aryl methyl sites for hydroxylation is 1. The van der Waals surface area contributed by atoms with Crippen LogP contribution in [0, 0.1) is 0 Å². The fourth-order valence-corrected chi connectivity index (χ4v) is 1.42. The molecule has 0 saturated carbocycles. The lowest BCUT2D eigenvalue weighted by Gasteiger charge is -2.20. The van der Waals surface area contributed by atoms with E-state index in [-0.39, 0.29) is 0 Å². The van der Waals surface area contributed by atoms with Crippen LogP contribution in [0.15, 0.2) is 6.07 Å². The summed E-state index contributed by atoms with van der Waals surface area (Å²) in [4.78, 5) is 10.9. The van der Waals surface area contributed by atoms with Crippen LogP contribution in [0.4, 0.5) is 11.6 Å². The van der Waals surface area contributed by atoms with Gasteiger partial charge in [-0.15, -0.1) is 0 Å². The largest absolute Gasteiger partial charge is 0.357 e. The summed E-state index contributed by atoms with van der Waals surface area (Å²) in [6.07, 6.45) is 0.809. The van der Waals surface area contributed by atoms with Crippen LogP contribution >= 0.6 is 0 Å². The van der Waals surface area contributed by atoms with Gasteiger partial charge in [0.25, 0.3) is 0 Å². The van der Waals surface area contributed by atoms with Gasteiger partial charge in [-0.25, -0.2) is 15.8 Å². The minimum Gasteiger partial charge on any atom is -0.357 e. The number of nitrogen functional groups attached to an aromatic ring is 1. The molecular weight excluding hydrogens is 190 g/mol. The number of nitrogens with zero attached hydrogens (tertiary/aromatic N) is 3. The maximum absolute atomic E-state index is 5.37. The Balaban J connectivity index is 3.05. The van der Waals surface area contributed by atoms with Crippen molar-refractivity contribution in [2.24, 2.45) is 5.84 Å². The first-order valence-electron chi connectivity index (χ1n) is 5.34. The van der Waals surface area contributed by atoms with E-state index < -0.39 is 0 Å². The molecule has 84 valence electrons. The Morgan fingerprint density at radius 2 is 1.93 bits per heavy atom. The Bertz CT molecular complexity index is 286. The van der Waals surface area contributed by atoms with E-state index >= 15 is 0 Å². The summed E-state index contributed by atoms with van der Waals surface area (Å²) in [5.74, 6) is 7.78. The van der Waals surface area contributed by atoms with Gasteiger partial charge < -0.3 is 10.3 Å². The number of hydrazine groups is 1. The van der Waals surface area contributed by atoms with Crippen LogP contribution in [-0.2, 0) is 6.42 Å². The van der Waals surface area contributed by atoms with Crippen LogP contribution in [0.1, 0.15) is 26.6 Å². The Morgan fingerprint density at radius 1 is 1.27 bits per heavy atom. The van der Waals surface area contributed by atoms with Crippen LogP contribution in [0.5, 0.6) is 0 Å². The smallest absolute Gasteiger partial charge is 0.145 e. The summed E-state index contributed by atoms with van der Waals surface area (Å²) in [6, 6.07) is 1.87. The lowest BCUT2D eigenvalue weighted by Crippen LogP contribution is -2.24. The van der Waals surface area contributed by atoms with Gasteiger partial charge in [0.1, 0.15) is 17.5 Å². The molecule has 5 nitrogen and oxygen atoms in total. The molecule has 1 aromatic rings. The SMILES string of the molecule is CCc1nc(NN)cc(N(CC)CC)n1. The van der Waals surface area contributed by atoms with Gasteiger partial charge in [-0.2, -0.15) is 0 Å². The Hall–Kier alpha value is -1.36. The highest BCUT2D eigenvalue weighted by molar-refractivity contribution is 5.48. The molecule has 0 amide bonds. The molecule has 1 heterocycles. The second-order valence-electron chi connectivity index (χ2n) is 3.20. The molecule has 0 aromatic carbocycles. The minimum absolute atomic E-state index is 0.670. The third-order valence-electron chi connectivity index (χ3n) is 2.31. The summed E-state index contributed by atoms with van der Waals surface area (Å²) in [6.45, 7) is 8.10. The second-order valence-corrected chi connectivity index (χ2v) is 3.20. The molecule has 5 heteroatoms. The number of hydrogen-bond acceptors (Lipinski definition) is 5. The Labute approximate surface area is 90.7 Å². The van der Waals surface area contributed by atoms with E-state index in [2.05, 4.69) is 34.1 Å². The average Bonchev–Trinajstić information content (AvgIpc) is 2.30. The van der Waals surface area contributed by atoms with E-state index in [1.54, 1.807) is 0 Å². The zero-order chi connectivity index (χ0) is 11.3. The van der Waals surface area contributed by atoms with E-state index in [1.807, 2.05) is 13.0 Å². The van der Waals surface area contributed by atoms with Crippen molar-refractivity contribution in [1.82, 2.24) is 9.97 Å². The summed E-state index contributed by atoms with van der Waals surface area (Å²) in [5, 5.41) is 0. The van der Waals surface area contributed by atoms with Crippen molar-refractivity contribution >= 4 is 11.6 Å². The van der Waals surface area contributed by atoms with Crippen LogP contribution in [0.2, 0.25) is 0 Å². The van der Waals surface area contributed by atoms with Crippen LogP contribution in [0.3, 0.4) is 0 Å². The highest BCUT2D eigenvalue weighted by Gasteiger charge is 2.07. The van der Waals surface area contributed by atoms with Crippen molar-refractivity contribution in [3.63, 3.8) is 0 Å². The highest BCUT2D eigenvalue weighted by Crippen LogP contribution is 2.15. The van der Waals surface area contributed by atoms with Gasteiger partial charge in [0.2, 0.25) is 0 Å². The first-order chi connectivity index (χ1) is 7.24. The Kier molecular flexibility index (Phi) is 4.30. The van der Waals surface area contributed by atoms with Crippen molar-refractivity contribution in [2.45, 2.75) is 27.2 Å². The maximum Gasteiger partial charge on any atom is 0.145 e. The predicted molar refractivity (Wildman–Crippen MR) is 62.8 cm³/mol. The van der Waals surface area contributed by atoms with Crippen molar-refractivity contribution < 1.29 is 0 Å². The number of nitrogens with two attached hydrogens (primary N) is 1. The molecule has 1 rings (SSSR count). The standard InChI is InChI=1S/C10H19N5/c1-4-8-12-9(14-11)7-10(13-8)15(5-2)6-3/h7H,4-6,11H2,1-3H3,(H,12,13,14). The van der Waals surface area contributed by atoms with Crippen LogP contribution in [0.25, 0.3) is 0 Å². The zero-order valence-corrected chi connectivity index (χ0v) is 9.62. The van der Waals surface area contributed by atoms with Crippen LogP contribution < -0.4 is 16.2 Å². The Morgan fingerprint density at radius 3 is 2.40 bits per heavy atom.